The van der Waals surface area contributed by atoms with E-state index in [1.165, 1.54) is 24.1 Å². The summed E-state index contributed by atoms with van der Waals surface area (Å²) in [7, 11) is 3.14. The summed E-state index contributed by atoms with van der Waals surface area (Å²) < 4.78 is 15.3. The van der Waals surface area contributed by atoms with Crippen molar-refractivity contribution in [1.29, 1.82) is 0 Å². The number of carbonyl (C=O) groups excluding carboxylic acids is 2. The average Bonchev–Trinajstić information content (AvgIpc) is 3.11. The number of benzene rings is 1. The molecule has 30 heavy (non-hydrogen) atoms. The summed E-state index contributed by atoms with van der Waals surface area (Å²) in [6, 6.07) is 5.25. The minimum Gasteiger partial charge on any atom is -0.301 e. The third kappa shape index (κ3) is 3.75. The predicted molar refractivity (Wildman–Crippen MR) is 111 cm³/mol. The Hall–Kier alpha value is -2.65. The van der Waals surface area contributed by atoms with E-state index in [-0.39, 0.29) is 17.8 Å². The molecule has 0 aliphatic carbocycles. The molecule has 2 fully saturated rings. The Bertz CT molecular complexity index is 905. The van der Waals surface area contributed by atoms with Gasteiger partial charge in [0.25, 0.3) is 17.8 Å². The number of hydrogen-bond donors (Lipinski definition) is 0. The van der Waals surface area contributed by atoms with Crippen LogP contribution in [0.5, 0.6) is 0 Å². The Morgan fingerprint density at radius 3 is 2.30 bits per heavy atom. The number of amidine groups is 2. The van der Waals surface area contributed by atoms with E-state index in [0.29, 0.717) is 18.9 Å². The van der Waals surface area contributed by atoms with Crippen LogP contribution in [0, 0.1) is 5.82 Å². The maximum atomic E-state index is 13.4. The number of halogens is 1. The van der Waals surface area contributed by atoms with Gasteiger partial charge < -0.3 is 4.90 Å². The molecule has 1 aromatic rings. The second-order valence-corrected chi connectivity index (χ2v) is 7.99. The number of piperazine rings is 1. The van der Waals surface area contributed by atoms with Crippen molar-refractivity contribution in [2.45, 2.75) is 19.5 Å². The zero-order valence-corrected chi connectivity index (χ0v) is 17.7. The molecule has 3 aliphatic rings. The van der Waals surface area contributed by atoms with Gasteiger partial charge in [0.05, 0.1) is 0 Å². The maximum Gasteiger partial charge on any atom is 0.333 e. The van der Waals surface area contributed by atoms with Crippen LogP contribution in [-0.2, 0) is 11.3 Å². The summed E-state index contributed by atoms with van der Waals surface area (Å²) in [5.41, 5.74) is 0.885. The van der Waals surface area contributed by atoms with Crippen molar-refractivity contribution in [3.63, 3.8) is 0 Å². The standard InChI is InChI=1S/C21H28FN6O2/c1-4-26-9-11-27(12-10-26)14-17-23-19-18(20(29)25(3)21(30)24(19)2)28(17)13-15-5-7-16(22)8-6-15/h5-8,18H,4,9-14H2,1-3H3/q+1. The maximum absolute atomic E-state index is 13.4. The summed E-state index contributed by atoms with van der Waals surface area (Å²) in [6.07, 6.45) is 0. The van der Waals surface area contributed by atoms with Gasteiger partial charge in [0.1, 0.15) is 18.9 Å². The van der Waals surface area contributed by atoms with Gasteiger partial charge in [-0.25, -0.2) is 13.8 Å². The van der Waals surface area contributed by atoms with Crippen molar-refractivity contribution in [1.82, 2.24) is 19.6 Å². The third-order valence-electron chi connectivity index (χ3n) is 6.16. The van der Waals surface area contributed by atoms with Crippen LogP contribution in [0.1, 0.15) is 12.5 Å². The van der Waals surface area contributed by atoms with Gasteiger partial charge in [0.15, 0.2) is 0 Å². The van der Waals surface area contributed by atoms with Gasteiger partial charge in [0.2, 0.25) is 0 Å². The van der Waals surface area contributed by atoms with Crippen LogP contribution in [0.4, 0.5) is 9.18 Å². The SMILES string of the molecule is CCN1CCN(CC2=[N+](Cc3ccc(F)cc3)C3C(=O)N(C)C(=O)N(C)C3=N2)CC1. The van der Waals surface area contributed by atoms with Crippen LogP contribution < -0.4 is 0 Å². The number of fused-ring (bicyclic) bond motifs is 1. The fraction of sp³-hybridized carbons (Fsp3) is 0.524. The molecule has 2 saturated heterocycles. The summed E-state index contributed by atoms with van der Waals surface area (Å²) in [6.45, 7) is 8.10. The molecule has 3 aliphatic heterocycles. The highest BCUT2D eigenvalue weighted by Crippen LogP contribution is 2.21. The largest absolute Gasteiger partial charge is 0.333 e. The van der Waals surface area contributed by atoms with Gasteiger partial charge in [-0.3, -0.25) is 19.5 Å². The number of carbonyl (C=O) groups is 2. The molecule has 1 unspecified atom stereocenters. The number of likely N-dealkylation sites (N-methyl/N-ethyl adjacent to an activating group) is 3. The second kappa shape index (κ2) is 8.23. The lowest BCUT2D eigenvalue weighted by atomic mass is 10.1. The minimum absolute atomic E-state index is 0.287. The quantitative estimate of drug-likeness (QED) is 0.664. The third-order valence-corrected chi connectivity index (χ3v) is 6.16. The van der Waals surface area contributed by atoms with Crippen LogP contribution in [0.15, 0.2) is 29.3 Å². The fourth-order valence-corrected chi connectivity index (χ4v) is 4.21. The minimum atomic E-state index is -0.644. The van der Waals surface area contributed by atoms with E-state index in [1.807, 2.05) is 4.58 Å². The van der Waals surface area contributed by atoms with Crippen LogP contribution in [-0.4, -0.2) is 107 Å². The number of nitrogens with zero attached hydrogens (tertiary/aromatic N) is 6. The van der Waals surface area contributed by atoms with Crippen molar-refractivity contribution in [3.8, 4) is 0 Å². The highest BCUT2D eigenvalue weighted by Gasteiger charge is 2.53. The molecule has 3 amide bonds. The van der Waals surface area contributed by atoms with E-state index in [2.05, 4.69) is 16.7 Å². The van der Waals surface area contributed by atoms with Crippen molar-refractivity contribution >= 4 is 23.6 Å². The molecule has 0 saturated carbocycles. The fourth-order valence-electron chi connectivity index (χ4n) is 4.21. The molecule has 1 aromatic carbocycles. The van der Waals surface area contributed by atoms with Gasteiger partial charge in [-0.1, -0.05) is 19.1 Å². The zero-order chi connectivity index (χ0) is 21.4. The van der Waals surface area contributed by atoms with Crippen LogP contribution >= 0.6 is 0 Å². The Labute approximate surface area is 175 Å². The highest BCUT2D eigenvalue weighted by molar-refractivity contribution is 6.23. The molecule has 1 atom stereocenters. The lowest BCUT2D eigenvalue weighted by Crippen LogP contribution is -2.61. The number of imide groups is 1. The smallest absolute Gasteiger partial charge is 0.301 e. The first kappa shape index (κ1) is 20.6. The highest BCUT2D eigenvalue weighted by atomic mass is 19.1. The topological polar surface area (TPSA) is 62.5 Å². The normalized spacial score (nSPS) is 23.3. The van der Waals surface area contributed by atoms with E-state index in [0.717, 1.165) is 49.0 Å². The summed E-state index contributed by atoms with van der Waals surface area (Å²) in [5, 5.41) is 0. The average molecular weight is 415 g/mol. The van der Waals surface area contributed by atoms with E-state index >= 15 is 0 Å². The Morgan fingerprint density at radius 1 is 1.03 bits per heavy atom. The molecule has 0 bridgehead atoms. The van der Waals surface area contributed by atoms with E-state index < -0.39 is 6.04 Å². The first-order valence-corrected chi connectivity index (χ1v) is 10.3. The number of amides is 3. The summed E-state index contributed by atoms with van der Waals surface area (Å²) in [4.78, 5) is 37.5. The van der Waals surface area contributed by atoms with E-state index in [1.54, 1.807) is 19.2 Å². The first-order chi connectivity index (χ1) is 14.4. The Kier molecular flexibility index (Phi) is 5.66. The van der Waals surface area contributed by atoms with Crippen molar-refractivity contribution < 1.29 is 18.6 Å². The Balaban J connectivity index is 1.64. The monoisotopic (exact) mass is 415 g/mol. The number of rotatable bonds is 5. The molecule has 9 heteroatoms. The van der Waals surface area contributed by atoms with Gasteiger partial charge in [-0.05, 0) is 29.2 Å². The predicted octanol–water partition coefficient (Wildman–Crippen LogP) is 0.679. The molecular formula is C21H28FN6O2+. The van der Waals surface area contributed by atoms with E-state index in [4.69, 9.17) is 4.99 Å². The molecular weight excluding hydrogens is 387 g/mol. The number of urea groups is 1. The lowest BCUT2D eigenvalue weighted by Gasteiger charge is -2.33. The van der Waals surface area contributed by atoms with Crippen LogP contribution in [0.3, 0.4) is 0 Å². The van der Waals surface area contributed by atoms with Crippen molar-refractivity contribution in [3.05, 3.63) is 35.6 Å². The number of hydrogen-bond acceptors (Lipinski definition) is 5. The van der Waals surface area contributed by atoms with Gasteiger partial charge in [-0.15, -0.1) is 0 Å². The molecule has 8 nitrogen and oxygen atoms in total. The van der Waals surface area contributed by atoms with Crippen LogP contribution in [0.25, 0.3) is 0 Å². The second-order valence-electron chi connectivity index (χ2n) is 7.99. The molecule has 4 rings (SSSR count). The zero-order valence-electron chi connectivity index (χ0n) is 17.7. The molecule has 0 N–H and O–H groups in total. The van der Waals surface area contributed by atoms with Crippen molar-refractivity contribution in [2.24, 2.45) is 4.99 Å². The first-order valence-electron chi connectivity index (χ1n) is 10.3. The molecule has 0 aromatic heterocycles. The van der Waals surface area contributed by atoms with Gasteiger partial charge >= 0.3 is 11.9 Å². The van der Waals surface area contributed by atoms with Gasteiger partial charge in [0, 0.05) is 40.3 Å². The molecule has 3 heterocycles. The molecule has 0 radical (unpaired) electrons. The number of aliphatic imine (C=N–C) groups is 1. The van der Waals surface area contributed by atoms with Gasteiger partial charge in [-0.2, -0.15) is 0 Å². The molecule has 160 valence electrons. The summed E-state index contributed by atoms with van der Waals surface area (Å²) >= 11 is 0. The molecule has 0 spiro atoms. The van der Waals surface area contributed by atoms with E-state index in [9.17, 15) is 14.0 Å². The summed E-state index contributed by atoms with van der Waals surface area (Å²) in [5.74, 6) is 0.652. The Morgan fingerprint density at radius 2 is 1.67 bits per heavy atom. The van der Waals surface area contributed by atoms with Crippen LogP contribution in [0.2, 0.25) is 0 Å². The lowest BCUT2D eigenvalue weighted by molar-refractivity contribution is -0.552. The van der Waals surface area contributed by atoms with Crippen molar-refractivity contribution in [2.75, 3.05) is 53.4 Å².